The maximum atomic E-state index is 13.2. The van der Waals surface area contributed by atoms with Crippen molar-refractivity contribution in [3.8, 4) is 17.2 Å². The SMILES string of the molecule is COc1ccc(N2Cc3cccc(C(=O)Nc4ccc(OC)c(OC)c4)c3C2=O)cc1. The smallest absolute Gasteiger partial charge is 0.259 e. The minimum absolute atomic E-state index is 0.210. The van der Waals surface area contributed by atoms with E-state index in [0.717, 1.165) is 11.3 Å². The first-order valence-corrected chi connectivity index (χ1v) is 9.67. The van der Waals surface area contributed by atoms with E-state index in [1.807, 2.05) is 18.2 Å². The van der Waals surface area contributed by atoms with Gasteiger partial charge in [0.05, 0.1) is 39.0 Å². The molecule has 3 aromatic rings. The number of rotatable bonds is 6. The molecule has 7 nitrogen and oxygen atoms in total. The Bertz CT molecular complexity index is 1140. The van der Waals surface area contributed by atoms with Crippen LogP contribution in [0, 0.1) is 0 Å². The summed E-state index contributed by atoms with van der Waals surface area (Å²) in [5, 5.41) is 2.84. The van der Waals surface area contributed by atoms with Crippen molar-refractivity contribution in [2.75, 3.05) is 31.5 Å². The van der Waals surface area contributed by atoms with E-state index >= 15 is 0 Å². The maximum Gasteiger partial charge on any atom is 0.259 e. The second-order valence-electron chi connectivity index (χ2n) is 6.95. The second kappa shape index (κ2) is 8.39. The van der Waals surface area contributed by atoms with Gasteiger partial charge in [-0.2, -0.15) is 0 Å². The predicted molar refractivity (Wildman–Crippen MR) is 117 cm³/mol. The Morgan fingerprint density at radius 3 is 2.32 bits per heavy atom. The molecule has 3 aromatic carbocycles. The normalized spacial score (nSPS) is 12.4. The van der Waals surface area contributed by atoms with Gasteiger partial charge in [0.2, 0.25) is 0 Å². The zero-order chi connectivity index (χ0) is 22.0. The van der Waals surface area contributed by atoms with Crippen LogP contribution in [0.1, 0.15) is 26.3 Å². The quantitative estimate of drug-likeness (QED) is 0.652. The van der Waals surface area contributed by atoms with E-state index in [-0.39, 0.29) is 11.8 Å². The number of ether oxygens (including phenoxy) is 3. The van der Waals surface area contributed by atoms with E-state index in [1.165, 1.54) is 7.11 Å². The molecule has 31 heavy (non-hydrogen) atoms. The zero-order valence-electron chi connectivity index (χ0n) is 17.5. The van der Waals surface area contributed by atoms with Crippen LogP contribution in [0.25, 0.3) is 0 Å². The first-order chi connectivity index (χ1) is 15.0. The van der Waals surface area contributed by atoms with Gasteiger partial charge >= 0.3 is 0 Å². The summed E-state index contributed by atoms with van der Waals surface area (Å²) < 4.78 is 15.7. The van der Waals surface area contributed by atoms with Gasteiger partial charge in [-0.05, 0) is 48.0 Å². The maximum absolute atomic E-state index is 13.2. The summed E-state index contributed by atoms with van der Waals surface area (Å²) in [6, 6.07) is 17.7. The average molecular weight is 418 g/mol. The third-order valence-corrected chi connectivity index (χ3v) is 5.21. The van der Waals surface area contributed by atoms with Crippen LogP contribution >= 0.6 is 0 Å². The fourth-order valence-corrected chi connectivity index (χ4v) is 3.63. The van der Waals surface area contributed by atoms with E-state index in [2.05, 4.69) is 5.32 Å². The highest BCUT2D eigenvalue weighted by Gasteiger charge is 2.32. The summed E-state index contributed by atoms with van der Waals surface area (Å²) in [5.74, 6) is 1.20. The van der Waals surface area contributed by atoms with E-state index < -0.39 is 0 Å². The Morgan fingerprint density at radius 2 is 1.65 bits per heavy atom. The molecule has 1 aliphatic heterocycles. The molecule has 4 rings (SSSR count). The molecule has 0 unspecified atom stereocenters. The molecule has 0 spiro atoms. The molecule has 0 fully saturated rings. The lowest BCUT2D eigenvalue weighted by Crippen LogP contribution is -2.24. The molecule has 0 atom stereocenters. The van der Waals surface area contributed by atoms with Gasteiger partial charge in [0.15, 0.2) is 11.5 Å². The van der Waals surface area contributed by atoms with Crippen LogP contribution in [-0.4, -0.2) is 33.1 Å². The summed E-state index contributed by atoms with van der Waals surface area (Å²) in [4.78, 5) is 27.9. The number of hydrogen-bond donors (Lipinski definition) is 1. The van der Waals surface area contributed by atoms with Crippen LogP contribution in [-0.2, 0) is 6.54 Å². The van der Waals surface area contributed by atoms with Crippen LogP contribution in [0.4, 0.5) is 11.4 Å². The number of nitrogens with zero attached hydrogens (tertiary/aromatic N) is 1. The predicted octanol–water partition coefficient (Wildman–Crippen LogP) is 4.13. The van der Waals surface area contributed by atoms with E-state index in [1.54, 1.807) is 61.6 Å². The Labute approximate surface area is 180 Å². The summed E-state index contributed by atoms with van der Waals surface area (Å²) in [6.45, 7) is 0.401. The number of amides is 2. The van der Waals surface area contributed by atoms with Crippen molar-refractivity contribution in [2.24, 2.45) is 0 Å². The average Bonchev–Trinajstić information content (AvgIpc) is 3.15. The highest BCUT2D eigenvalue weighted by atomic mass is 16.5. The summed E-state index contributed by atoms with van der Waals surface area (Å²) in [7, 11) is 4.67. The fraction of sp³-hybridized carbons (Fsp3) is 0.167. The third-order valence-electron chi connectivity index (χ3n) is 5.21. The van der Waals surface area contributed by atoms with Gasteiger partial charge < -0.3 is 24.4 Å². The number of nitrogens with one attached hydrogen (secondary N) is 1. The number of methoxy groups -OCH3 is 3. The number of fused-ring (bicyclic) bond motifs is 1. The van der Waals surface area contributed by atoms with Gasteiger partial charge in [0.25, 0.3) is 11.8 Å². The van der Waals surface area contributed by atoms with Gasteiger partial charge in [-0.3, -0.25) is 9.59 Å². The minimum atomic E-state index is -0.367. The van der Waals surface area contributed by atoms with Crippen LogP contribution in [0.5, 0.6) is 17.2 Å². The molecule has 0 saturated carbocycles. The van der Waals surface area contributed by atoms with Crippen molar-refractivity contribution in [2.45, 2.75) is 6.54 Å². The lowest BCUT2D eigenvalue weighted by atomic mass is 10.0. The Morgan fingerprint density at radius 1 is 0.903 bits per heavy atom. The van der Waals surface area contributed by atoms with Crippen molar-refractivity contribution >= 4 is 23.2 Å². The molecular formula is C24H22N2O5. The zero-order valence-corrected chi connectivity index (χ0v) is 17.5. The summed E-state index contributed by atoms with van der Waals surface area (Å²) >= 11 is 0. The number of carbonyl (C=O) groups excluding carboxylic acids is 2. The van der Waals surface area contributed by atoms with Gasteiger partial charge in [-0.1, -0.05) is 12.1 Å². The van der Waals surface area contributed by atoms with Crippen molar-refractivity contribution < 1.29 is 23.8 Å². The fourth-order valence-electron chi connectivity index (χ4n) is 3.63. The molecular weight excluding hydrogens is 396 g/mol. The molecule has 0 bridgehead atoms. The molecule has 0 aliphatic carbocycles. The molecule has 0 radical (unpaired) electrons. The lowest BCUT2D eigenvalue weighted by Gasteiger charge is -2.16. The molecule has 0 saturated heterocycles. The highest BCUT2D eigenvalue weighted by molar-refractivity contribution is 6.18. The minimum Gasteiger partial charge on any atom is -0.497 e. The first kappa shape index (κ1) is 20.3. The first-order valence-electron chi connectivity index (χ1n) is 9.67. The van der Waals surface area contributed by atoms with Crippen molar-refractivity contribution in [3.63, 3.8) is 0 Å². The number of benzene rings is 3. The van der Waals surface area contributed by atoms with Crippen molar-refractivity contribution in [1.29, 1.82) is 0 Å². The molecule has 1 aliphatic rings. The Balaban J connectivity index is 1.61. The highest BCUT2D eigenvalue weighted by Crippen LogP contribution is 2.33. The second-order valence-corrected chi connectivity index (χ2v) is 6.95. The van der Waals surface area contributed by atoms with Crippen molar-refractivity contribution in [3.05, 3.63) is 77.4 Å². The Kier molecular flexibility index (Phi) is 5.49. The largest absolute Gasteiger partial charge is 0.497 e. The Hall–Kier alpha value is -4.00. The van der Waals surface area contributed by atoms with Crippen LogP contribution in [0.2, 0.25) is 0 Å². The molecule has 0 aromatic heterocycles. The number of hydrogen-bond acceptors (Lipinski definition) is 5. The number of carbonyl (C=O) groups is 2. The molecule has 1 heterocycles. The molecule has 7 heteroatoms. The third kappa shape index (κ3) is 3.77. The monoisotopic (exact) mass is 418 g/mol. The van der Waals surface area contributed by atoms with Gasteiger partial charge in [-0.15, -0.1) is 0 Å². The lowest BCUT2D eigenvalue weighted by molar-refractivity contribution is 0.0976. The van der Waals surface area contributed by atoms with Crippen molar-refractivity contribution in [1.82, 2.24) is 0 Å². The van der Waals surface area contributed by atoms with Gasteiger partial charge in [0.1, 0.15) is 5.75 Å². The standard InChI is InChI=1S/C24H22N2O5/c1-29-18-10-8-17(9-11-18)26-14-15-5-4-6-19(22(15)24(26)28)23(27)25-16-7-12-20(30-2)21(13-16)31-3/h4-13H,14H2,1-3H3,(H,25,27). The van der Waals surface area contributed by atoms with Gasteiger partial charge in [-0.25, -0.2) is 0 Å². The molecule has 158 valence electrons. The topological polar surface area (TPSA) is 77.1 Å². The molecule has 1 N–H and O–H groups in total. The van der Waals surface area contributed by atoms with E-state index in [0.29, 0.717) is 40.6 Å². The van der Waals surface area contributed by atoms with Crippen LogP contribution < -0.4 is 24.4 Å². The van der Waals surface area contributed by atoms with E-state index in [4.69, 9.17) is 14.2 Å². The van der Waals surface area contributed by atoms with Gasteiger partial charge in [0, 0.05) is 17.4 Å². The summed E-state index contributed by atoms with van der Waals surface area (Å²) in [6.07, 6.45) is 0. The summed E-state index contributed by atoms with van der Waals surface area (Å²) in [5.41, 5.74) is 2.83. The van der Waals surface area contributed by atoms with E-state index in [9.17, 15) is 9.59 Å². The number of anilines is 2. The van der Waals surface area contributed by atoms with Crippen LogP contribution in [0.3, 0.4) is 0 Å². The van der Waals surface area contributed by atoms with Crippen LogP contribution in [0.15, 0.2) is 60.7 Å². The molecule has 2 amide bonds.